The maximum Gasteiger partial charge on any atom is 0.184 e. The van der Waals surface area contributed by atoms with Crippen LogP contribution in [0.3, 0.4) is 0 Å². The van der Waals surface area contributed by atoms with Crippen LogP contribution in [-0.4, -0.2) is 14.4 Å². The molecule has 0 saturated heterocycles. The first-order valence-electron chi connectivity index (χ1n) is 14.7. The molecule has 0 aromatic heterocycles. The normalized spacial score (nSPS) is 42.8. The molecule has 3 saturated carbocycles. The SMILES string of the molecule is CC(C)C(C)CC[C@@H](C)[C@H]1CC[C@H]2[C@@H]3CC=C4CC(O[Si](C)(C)C)CC[C@]4(C)[C@H]3CC[C@]12C. The maximum absolute atomic E-state index is 6.59. The summed E-state index contributed by atoms with van der Waals surface area (Å²) in [6.45, 7) is 22.3. The minimum Gasteiger partial charge on any atom is -0.414 e. The molecule has 0 aromatic rings. The molecule has 0 N–H and O–H groups in total. The molecule has 2 unspecified atom stereocenters. The zero-order chi connectivity index (χ0) is 24.2. The first-order chi connectivity index (χ1) is 15.3. The molecule has 4 aliphatic carbocycles. The zero-order valence-electron chi connectivity index (χ0n) is 23.7. The van der Waals surface area contributed by atoms with Crippen molar-refractivity contribution >= 4 is 8.32 Å². The van der Waals surface area contributed by atoms with E-state index < -0.39 is 8.32 Å². The van der Waals surface area contributed by atoms with Gasteiger partial charge in [0.25, 0.3) is 0 Å². The summed E-state index contributed by atoms with van der Waals surface area (Å²) in [5.41, 5.74) is 2.84. The van der Waals surface area contributed by atoms with Gasteiger partial charge in [-0.15, -0.1) is 0 Å². The van der Waals surface area contributed by atoms with E-state index in [2.05, 4.69) is 67.3 Å². The molecule has 0 heterocycles. The molecule has 4 aliphatic rings. The molecule has 3 fully saturated rings. The van der Waals surface area contributed by atoms with Gasteiger partial charge in [-0.25, -0.2) is 0 Å². The summed E-state index contributed by atoms with van der Waals surface area (Å²) in [6, 6.07) is 0. The Morgan fingerprint density at radius 2 is 1.67 bits per heavy atom. The van der Waals surface area contributed by atoms with Crippen LogP contribution >= 0.6 is 0 Å². The highest BCUT2D eigenvalue weighted by Gasteiger charge is 2.59. The molecule has 0 bridgehead atoms. The van der Waals surface area contributed by atoms with Crippen molar-refractivity contribution in [2.75, 3.05) is 0 Å². The molecule has 0 aliphatic heterocycles. The summed E-state index contributed by atoms with van der Waals surface area (Å²) < 4.78 is 6.59. The summed E-state index contributed by atoms with van der Waals surface area (Å²) in [7, 11) is -1.45. The van der Waals surface area contributed by atoms with Crippen LogP contribution in [0.15, 0.2) is 11.6 Å². The Labute approximate surface area is 208 Å². The lowest BCUT2D eigenvalue weighted by molar-refractivity contribution is -0.0565. The van der Waals surface area contributed by atoms with Gasteiger partial charge >= 0.3 is 0 Å². The van der Waals surface area contributed by atoms with E-state index in [1.165, 1.54) is 64.2 Å². The molecular formula is C31H56OSi. The van der Waals surface area contributed by atoms with E-state index >= 15 is 0 Å². The standard InChI is InChI=1S/C31H56OSi/c1-21(2)22(3)10-11-23(4)27-14-15-28-26-13-12-24-20-25(32-33(7,8)9)16-18-30(24,5)29(26)17-19-31(27,28)6/h12,21-23,25-29H,10-11,13-20H2,1-9H3/t22?,23-,25?,26+,27-,28+,29+,30+,31-/m1/s1. The second-order valence-electron chi connectivity index (χ2n) is 14.9. The molecule has 0 radical (unpaired) electrons. The van der Waals surface area contributed by atoms with Gasteiger partial charge in [-0.2, -0.15) is 0 Å². The molecule has 9 atom stereocenters. The van der Waals surface area contributed by atoms with Gasteiger partial charge in [-0.05, 0) is 123 Å². The minimum atomic E-state index is -1.45. The fourth-order valence-corrected chi connectivity index (χ4v) is 10.5. The lowest BCUT2D eigenvalue weighted by Gasteiger charge is -2.58. The lowest BCUT2D eigenvalue weighted by atomic mass is 9.47. The highest BCUT2D eigenvalue weighted by molar-refractivity contribution is 6.69. The second-order valence-corrected chi connectivity index (χ2v) is 19.3. The van der Waals surface area contributed by atoms with Crippen LogP contribution in [-0.2, 0) is 4.43 Å². The van der Waals surface area contributed by atoms with E-state index in [9.17, 15) is 0 Å². The first-order valence-corrected chi connectivity index (χ1v) is 18.1. The van der Waals surface area contributed by atoms with Crippen LogP contribution in [0.1, 0.15) is 106 Å². The van der Waals surface area contributed by atoms with Crippen molar-refractivity contribution in [1.82, 2.24) is 0 Å². The van der Waals surface area contributed by atoms with Crippen molar-refractivity contribution < 1.29 is 4.43 Å². The van der Waals surface area contributed by atoms with Gasteiger partial charge in [-0.1, -0.05) is 66.0 Å². The summed E-state index contributed by atoms with van der Waals surface area (Å²) in [6.07, 6.45) is 17.3. The largest absolute Gasteiger partial charge is 0.414 e. The lowest BCUT2D eigenvalue weighted by Crippen LogP contribution is -2.51. The average Bonchev–Trinajstić information content (AvgIpc) is 3.08. The number of hydrogen-bond acceptors (Lipinski definition) is 1. The first kappa shape index (κ1) is 26.0. The third kappa shape index (κ3) is 4.96. The van der Waals surface area contributed by atoms with Gasteiger partial charge in [0.2, 0.25) is 0 Å². The number of rotatable bonds is 7. The fourth-order valence-electron chi connectivity index (χ4n) is 9.26. The Morgan fingerprint density at radius 3 is 2.33 bits per heavy atom. The fraction of sp³-hybridized carbons (Fsp3) is 0.935. The number of fused-ring (bicyclic) bond motifs is 5. The molecule has 0 aromatic carbocycles. The summed E-state index contributed by atoms with van der Waals surface area (Å²) >= 11 is 0. The van der Waals surface area contributed by atoms with Crippen molar-refractivity contribution in [3.05, 3.63) is 11.6 Å². The van der Waals surface area contributed by atoms with Crippen molar-refractivity contribution in [2.45, 2.75) is 131 Å². The van der Waals surface area contributed by atoms with Gasteiger partial charge in [0.1, 0.15) is 0 Å². The molecular weight excluding hydrogens is 416 g/mol. The topological polar surface area (TPSA) is 9.23 Å². The molecule has 4 rings (SSSR count). The van der Waals surface area contributed by atoms with E-state index in [1.807, 2.05) is 0 Å². The van der Waals surface area contributed by atoms with E-state index in [0.29, 0.717) is 16.9 Å². The predicted molar refractivity (Wildman–Crippen MR) is 146 cm³/mol. The minimum absolute atomic E-state index is 0.458. The Balaban J connectivity index is 1.46. The highest BCUT2D eigenvalue weighted by Crippen LogP contribution is 2.67. The van der Waals surface area contributed by atoms with Crippen LogP contribution in [0.25, 0.3) is 0 Å². The van der Waals surface area contributed by atoms with Crippen LogP contribution in [0.2, 0.25) is 19.6 Å². The Morgan fingerprint density at radius 1 is 0.939 bits per heavy atom. The maximum atomic E-state index is 6.59. The Kier molecular flexibility index (Phi) is 7.42. The van der Waals surface area contributed by atoms with Crippen LogP contribution in [0, 0.1) is 52.3 Å². The molecule has 0 spiro atoms. The molecule has 190 valence electrons. The molecule has 0 amide bonds. The van der Waals surface area contributed by atoms with Gasteiger partial charge in [-0.3, -0.25) is 0 Å². The second kappa shape index (κ2) is 9.42. The van der Waals surface area contributed by atoms with Crippen molar-refractivity contribution in [3.8, 4) is 0 Å². The zero-order valence-corrected chi connectivity index (χ0v) is 24.7. The molecule has 33 heavy (non-hydrogen) atoms. The van der Waals surface area contributed by atoms with Crippen LogP contribution in [0.4, 0.5) is 0 Å². The van der Waals surface area contributed by atoms with E-state index in [4.69, 9.17) is 4.43 Å². The van der Waals surface area contributed by atoms with Gasteiger partial charge in [0.05, 0.1) is 0 Å². The smallest absolute Gasteiger partial charge is 0.184 e. The van der Waals surface area contributed by atoms with E-state index in [0.717, 1.165) is 41.4 Å². The summed E-state index contributed by atoms with van der Waals surface area (Å²) in [5.74, 6) is 6.40. The predicted octanol–water partition coefficient (Wildman–Crippen LogP) is 9.49. The van der Waals surface area contributed by atoms with E-state index in [1.54, 1.807) is 5.57 Å². The Bertz CT molecular complexity index is 719. The summed E-state index contributed by atoms with van der Waals surface area (Å²) in [5, 5.41) is 0. The highest BCUT2D eigenvalue weighted by atomic mass is 28.4. The van der Waals surface area contributed by atoms with Gasteiger partial charge in [0, 0.05) is 6.10 Å². The van der Waals surface area contributed by atoms with Gasteiger partial charge in [0.15, 0.2) is 8.32 Å². The average molecular weight is 473 g/mol. The van der Waals surface area contributed by atoms with E-state index in [-0.39, 0.29) is 0 Å². The number of hydrogen-bond donors (Lipinski definition) is 0. The third-order valence-electron chi connectivity index (χ3n) is 11.6. The monoisotopic (exact) mass is 472 g/mol. The quantitative estimate of drug-likeness (QED) is 0.265. The summed E-state index contributed by atoms with van der Waals surface area (Å²) in [4.78, 5) is 0. The van der Waals surface area contributed by atoms with Crippen LogP contribution in [0.5, 0.6) is 0 Å². The van der Waals surface area contributed by atoms with Gasteiger partial charge < -0.3 is 4.43 Å². The van der Waals surface area contributed by atoms with Crippen LogP contribution < -0.4 is 0 Å². The number of allylic oxidation sites excluding steroid dienone is 1. The third-order valence-corrected chi connectivity index (χ3v) is 12.6. The van der Waals surface area contributed by atoms with Crippen molar-refractivity contribution in [2.24, 2.45) is 52.3 Å². The van der Waals surface area contributed by atoms with Crippen molar-refractivity contribution in [3.63, 3.8) is 0 Å². The van der Waals surface area contributed by atoms with Crippen molar-refractivity contribution in [1.29, 1.82) is 0 Å². The Hall–Kier alpha value is -0.0831. The molecule has 2 heteroatoms. The molecule has 1 nitrogen and oxygen atoms in total.